The van der Waals surface area contributed by atoms with Crippen LogP contribution in [0.5, 0.6) is 0 Å². The van der Waals surface area contributed by atoms with Gasteiger partial charge in [-0.1, -0.05) is 30.3 Å². The Balaban J connectivity index is 2.30. The molecule has 0 fully saturated rings. The molecular formula is C14H13N5. The number of aryl methyl sites for hydroxylation is 1. The number of fused-ring (bicyclic) bond motifs is 1. The van der Waals surface area contributed by atoms with Crippen molar-refractivity contribution < 1.29 is 0 Å². The highest BCUT2D eigenvalue weighted by Crippen LogP contribution is 2.22. The first-order chi connectivity index (χ1) is 9.15. The van der Waals surface area contributed by atoms with Gasteiger partial charge in [-0.05, 0) is 18.6 Å². The molecule has 0 aliphatic heterocycles. The molecule has 2 aromatic heterocycles. The van der Waals surface area contributed by atoms with E-state index in [2.05, 4.69) is 10.1 Å². The zero-order valence-corrected chi connectivity index (χ0v) is 10.5. The van der Waals surface area contributed by atoms with E-state index < -0.39 is 0 Å². The Hall–Kier alpha value is -2.69. The molecule has 0 amide bonds. The molecule has 0 atom stereocenters. The number of nitrogens with two attached hydrogens (primary N) is 1. The van der Waals surface area contributed by atoms with Crippen LogP contribution in [-0.2, 0) is 0 Å². The molecule has 3 rings (SSSR count). The molecule has 0 spiro atoms. The van der Waals surface area contributed by atoms with E-state index in [4.69, 9.17) is 11.1 Å². The number of pyridine rings is 1. The minimum Gasteiger partial charge on any atom is -0.384 e. The number of hydrogen-bond donors (Lipinski definition) is 2. The number of nitrogens with zero attached hydrogens (tertiary/aromatic N) is 3. The number of amidine groups is 1. The fourth-order valence-corrected chi connectivity index (χ4v) is 2.08. The summed E-state index contributed by atoms with van der Waals surface area (Å²) in [5.41, 5.74) is 8.87. The summed E-state index contributed by atoms with van der Waals surface area (Å²) in [7, 11) is 0. The van der Waals surface area contributed by atoms with Crippen molar-refractivity contribution in [3.05, 3.63) is 54.0 Å². The molecule has 94 valence electrons. The Morgan fingerprint density at radius 2 is 1.95 bits per heavy atom. The summed E-state index contributed by atoms with van der Waals surface area (Å²) in [5, 5.41) is 12.0. The van der Waals surface area contributed by atoms with Crippen molar-refractivity contribution >= 4 is 11.5 Å². The van der Waals surface area contributed by atoms with Crippen LogP contribution in [0.2, 0.25) is 0 Å². The van der Waals surface area contributed by atoms with Crippen molar-refractivity contribution in [2.75, 3.05) is 0 Å². The Morgan fingerprint density at radius 1 is 1.21 bits per heavy atom. The first kappa shape index (κ1) is 11.4. The minimum absolute atomic E-state index is 0.00446. The largest absolute Gasteiger partial charge is 0.384 e. The summed E-state index contributed by atoms with van der Waals surface area (Å²) < 4.78 is 1.67. The summed E-state index contributed by atoms with van der Waals surface area (Å²) >= 11 is 0. The minimum atomic E-state index is -0.00446. The normalized spacial score (nSPS) is 10.8. The third-order valence-corrected chi connectivity index (χ3v) is 2.94. The van der Waals surface area contributed by atoms with E-state index in [0.29, 0.717) is 17.0 Å². The fraction of sp³-hybridized carbons (Fsp3) is 0.0714. The molecule has 5 heteroatoms. The average molecular weight is 251 g/mol. The van der Waals surface area contributed by atoms with Crippen molar-refractivity contribution in [1.29, 1.82) is 5.41 Å². The Kier molecular flexibility index (Phi) is 2.52. The number of hydrogen-bond acceptors (Lipinski definition) is 3. The molecule has 0 bridgehead atoms. The van der Waals surface area contributed by atoms with E-state index in [-0.39, 0.29) is 5.84 Å². The van der Waals surface area contributed by atoms with Crippen LogP contribution in [0.15, 0.2) is 42.6 Å². The lowest BCUT2D eigenvalue weighted by atomic mass is 10.1. The maximum absolute atomic E-state index is 7.68. The summed E-state index contributed by atoms with van der Waals surface area (Å²) in [6.07, 6.45) is 1.90. The molecule has 0 aliphatic carbocycles. The van der Waals surface area contributed by atoms with E-state index in [1.54, 1.807) is 4.52 Å². The highest BCUT2D eigenvalue weighted by atomic mass is 15.3. The van der Waals surface area contributed by atoms with Gasteiger partial charge in [0.1, 0.15) is 11.7 Å². The standard InChI is InChI=1S/C14H13N5/c1-9-17-14-12(13(15)16)7-11(8-19(14)18-9)10-5-3-2-4-6-10/h2-8H,1H3,(H3,15,16). The lowest BCUT2D eigenvalue weighted by molar-refractivity contribution is 0.931. The van der Waals surface area contributed by atoms with Gasteiger partial charge >= 0.3 is 0 Å². The molecule has 3 N–H and O–H groups in total. The van der Waals surface area contributed by atoms with Gasteiger partial charge in [0.05, 0.1) is 5.56 Å². The van der Waals surface area contributed by atoms with Gasteiger partial charge in [0.2, 0.25) is 0 Å². The van der Waals surface area contributed by atoms with Crippen LogP contribution in [0.3, 0.4) is 0 Å². The van der Waals surface area contributed by atoms with Crippen LogP contribution >= 0.6 is 0 Å². The highest BCUT2D eigenvalue weighted by molar-refractivity contribution is 6.01. The summed E-state index contributed by atoms with van der Waals surface area (Å²) in [6, 6.07) is 11.8. The van der Waals surface area contributed by atoms with Crippen LogP contribution in [0.1, 0.15) is 11.4 Å². The van der Waals surface area contributed by atoms with E-state index in [1.807, 2.05) is 49.5 Å². The van der Waals surface area contributed by atoms with E-state index in [1.165, 1.54) is 0 Å². The van der Waals surface area contributed by atoms with Crippen LogP contribution in [0.4, 0.5) is 0 Å². The molecule has 19 heavy (non-hydrogen) atoms. The topological polar surface area (TPSA) is 80.1 Å². The molecule has 1 aromatic carbocycles. The number of aromatic nitrogens is 3. The summed E-state index contributed by atoms with van der Waals surface area (Å²) in [5.74, 6) is 0.655. The van der Waals surface area contributed by atoms with Gasteiger partial charge in [0.15, 0.2) is 5.65 Å². The molecule has 0 unspecified atom stereocenters. The molecule has 0 radical (unpaired) electrons. The van der Waals surface area contributed by atoms with Crippen molar-refractivity contribution in [1.82, 2.24) is 14.6 Å². The summed E-state index contributed by atoms with van der Waals surface area (Å²) in [6.45, 7) is 1.82. The maximum atomic E-state index is 7.68. The number of nitrogen functional groups attached to an aromatic ring is 1. The average Bonchev–Trinajstić information content (AvgIpc) is 2.78. The van der Waals surface area contributed by atoms with Gasteiger partial charge in [0.25, 0.3) is 0 Å². The SMILES string of the molecule is Cc1nc2c(C(=N)N)cc(-c3ccccc3)cn2n1. The van der Waals surface area contributed by atoms with Gasteiger partial charge < -0.3 is 5.73 Å². The van der Waals surface area contributed by atoms with Crippen molar-refractivity contribution in [2.45, 2.75) is 6.92 Å². The number of rotatable bonds is 2. The molecule has 2 heterocycles. The summed E-state index contributed by atoms with van der Waals surface area (Å²) in [4.78, 5) is 4.30. The lowest BCUT2D eigenvalue weighted by Gasteiger charge is -2.06. The number of nitrogens with one attached hydrogen (secondary N) is 1. The second-order valence-corrected chi connectivity index (χ2v) is 4.35. The quantitative estimate of drug-likeness (QED) is 0.540. The first-order valence-corrected chi connectivity index (χ1v) is 5.92. The highest BCUT2D eigenvalue weighted by Gasteiger charge is 2.11. The van der Waals surface area contributed by atoms with Gasteiger partial charge in [-0.2, -0.15) is 5.10 Å². The monoisotopic (exact) mass is 251 g/mol. The van der Waals surface area contributed by atoms with Crippen molar-refractivity contribution in [3.63, 3.8) is 0 Å². The third kappa shape index (κ3) is 1.95. The van der Waals surface area contributed by atoms with Gasteiger partial charge in [-0.3, -0.25) is 5.41 Å². The molecule has 5 nitrogen and oxygen atoms in total. The van der Waals surface area contributed by atoms with E-state index in [0.717, 1.165) is 11.1 Å². The number of benzene rings is 1. The lowest BCUT2D eigenvalue weighted by Crippen LogP contribution is -2.13. The second-order valence-electron chi connectivity index (χ2n) is 4.35. The molecule has 0 saturated heterocycles. The maximum Gasteiger partial charge on any atom is 0.166 e. The smallest absolute Gasteiger partial charge is 0.166 e. The second kappa shape index (κ2) is 4.20. The Bertz CT molecular complexity index is 758. The molecule has 0 saturated carbocycles. The predicted molar refractivity (Wildman–Crippen MR) is 74.2 cm³/mol. The first-order valence-electron chi connectivity index (χ1n) is 5.92. The molecule has 3 aromatic rings. The van der Waals surface area contributed by atoms with Gasteiger partial charge in [-0.15, -0.1) is 0 Å². The van der Waals surface area contributed by atoms with Crippen LogP contribution in [0.25, 0.3) is 16.8 Å². The fourth-order valence-electron chi connectivity index (χ4n) is 2.08. The Labute approximate surface area is 110 Å². The van der Waals surface area contributed by atoms with Crippen LogP contribution in [-0.4, -0.2) is 20.4 Å². The zero-order chi connectivity index (χ0) is 13.4. The third-order valence-electron chi connectivity index (χ3n) is 2.94. The van der Waals surface area contributed by atoms with Crippen LogP contribution < -0.4 is 5.73 Å². The predicted octanol–water partition coefficient (Wildman–Crippen LogP) is 1.99. The van der Waals surface area contributed by atoms with E-state index in [9.17, 15) is 0 Å². The molecular weight excluding hydrogens is 238 g/mol. The van der Waals surface area contributed by atoms with Crippen LogP contribution in [0, 0.1) is 12.3 Å². The van der Waals surface area contributed by atoms with Crippen molar-refractivity contribution in [2.24, 2.45) is 5.73 Å². The van der Waals surface area contributed by atoms with Crippen molar-refractivity contribution in [3.8, 4) is 11.1 Å². The van der Waals surface area contributed by atoms with E-state index >= 15 is 0 Å². The molecule has 0 aliphatic rings. The zero-order valence-electron chi connectivity index (χ0n) is 10.5. The van der Waals surface area contributed by atoms with Gasteiger partial charge in [-0.25, -0.2) is 9.50 Å². The Morgan fingerprint density at radius 3 is 2.63 bits per heavy atom. The van der Waals surface area contributed by atoms with Gasteiger partial charge in [0, 0.05) is 11.8 Å².